The number of pyridine rings is 1. The molecule has 0 saturated carbocycles. The van der Waals surface area contributed by atoms with Gasteiger partial charge in [-0.15, -0.1) is 0 Å². The van der Waals surface area contributed by atoms with Gasteiger partial charge in [-0.3, -0.25) is 0 Å². The number of likely N-dealkylation sites (N-methyl/N-ethyl adjacent to an activating group) is 1. The van der Waals surface area contributed by atoms with Gasteiger partial charge in [0.25, 0.3) is 5.92 Å². The molecule has 0 radical (unpaired) electrons. The lowest BCUT2D eigenvalue weighted by atomic mass is 10.0. The first-order chi connectivity index (χ1) is 19.3. The van der Waals surface area contributed by atoms with Gasteiger partial charge in [0.05, 0.1) is 24.9 Å². The predicted octanol–water partition coefficient (Wildman–Crippen LogP) is 3.68. The Hall–Kier alpha value is -4.08. The van der Waals surface area contributed by atoms with Gasteiger partial charge in [-0.1, -0.05) is 0 Å². The van der Waals surface area contributed by atoms with Crippen molar-refractivity contribution in [2.45, 2.75) is 31.4 Å². The Labute approximate surface area is 232 Å². The van der Waals surface area contributed by atoms with Crippen LogP contribution in [-0.4, -0.2) is 84.8 Å². The van der Waals surface area contributed by atoms with Crippen LogP contribution in [0, 0.1) is 11.3 Å². The van der Waals surface area contributed by atoms with Crippen molar-refractivity contribution in [2.75, 3.05) is 57.1 Å². The second kappa shape index (κ2) is 11.6. The van der Waals surface area contributed by atoms with Crippen LogP contribution < -0.4 is 25.0 Å². The molecule has 1 aromatic carbocycles. The molecule has 2 aliphatic heterocycles. The molecule has 2 aromatic heterocycles. The van der Waals surface area contributed by atoms with Crippen molar-refractivity contribution in [1.29, 1.82) is 5.26 Å². The van der Waals surface area contributed by atoms with Gasteiger partial charge < -0.3 is 29.9 Å². The fourth-order valence-corrected chi connectivity index (χ4v) is 4.87. The maximum absolute atomic E-state index is 14.2. The Balaban J connectivity index is 1.33. The van der Waals surface area contributed by atoms with Gasteiger partial charge in [0.1, 0.15) is 35.5 Å². The number of ether oxygens (including phenoxy) is 2. The molecular formula is C28H32F2N8O2. The number of halogens is 2. The molecule has 12 heteroatoms. The Morgan fingerprint density at radius 3 is 2.75 bits per heavy atom. The number of piperidine rings is 1. The van der Waals surface area contributed by atoms with Gasteiger partial charge in [-0.25, -0.2) is 18.7 Å². The molecule has 40 heavy (non-hydrogen) atoms. The smallest absolute Gasteiger partial charge is 0.296 e. The van der Waals surface area contributed by atoms with E-state index in [1.807, 2.05) is 12.1 Å². The summed E-state index contributed by atoms with van der Waals surface area (Å²) in [4.78, 5) is 17.9. The SMILES string of the molecule is COc1nc(Nc2cc(-c3ccc(OC4CCNCC4(F)F)c(C#N)c3)ncn2)ccc1N1CCN(C)[C@@H](C)C1. The summed E-state index contributed by atoms with van der Waals surface area (Å²) in [6.07, 6.45) is 0.257. The van der Waals surface area contributed by atoms with E-state index in [-0.39, 0.29) is 17.7 Å². The van der Waals surface area contributed by atoms with Crippen LogP contribution in [0.3, 0.4) is 0 Å². The lowest BCUT2D eigenvalue weighted by Gasteiger charge is -2.39. The third kappa shape index (κ3) is 5.90. The maximum Gasteiger partial charge on any atom is 0.296 e. The van der Waals surface area contributed by atoms with Crippen molar-refractivity contribution in [3.05, 3.63) is 48.3 Å². The van der Waals surface area contributed by atoms with E-state index in [1.165, 1.54) is 12.4 Å². The molecule has 4 heterocycles. The summed E-state index contributed by atoms with van der Waals surface area (Å²) >= 11 is 0. The second-order valence-electron chi connectivity index (χ2n) is 10.1. The quantitative estimate of drug-likeness (QED) is 0.452. The van der Waals surface area contributed by atoms with Crippen LogP contribution in [0.15, 0.2) is 42.7 Å². The highest BCUT2D eigenvalue weighted by atomic mass is 19.3. The lowest BCUT2D eigenvalue weighted by molar-refractivity contribution is -0.109. The van der Waals surface area contributed by atoms with Crippen LogP contribution in [-0.2, 0) is 0 Å². The molecule has 0 bridgehead atoms. The number of hydrogen-bond acceptors (Lipinski definition) is 10. The Bertz CT molecular complexity index is 1400. The maximum atomic E-state index is 14.2. The Kier molecular flexibility index (Phi) is 7.95. The zero-order chi connectivity index (χ0) is 28.3. The summed E-state index contributed by atoms with van der Waals surface area (Å²) in [5.41, 5.74) is 2.25. The van der Waals surface area contributed by atoms with E-state index in [0.717, 1.165) is 25.3 Å². The Morgan fingerprint density at radius 2 is 2.00 bits per heavy atom. The molecule has 0 aliphatic carbocycles. The summed E-state index contributed by atoms with van der Waals surface area (Å²) in [7, 11) is 3.73. The number of rotatable bonds is 7. The number of nitriles is 1. The number of alkyl halides is 2. The summed E-state index contributed by atoms with van der Waals surface area (Å²) in [5, 5.41) is 15.6. The first kappa shape index (κ1) is 27.5. The van der Waals surface area contributed by atoms with E-state index in [2.05, 4.69) is 55.4 Å². The average Bonchev–Trinajstić information content (AvgIpc) is 2.96. The van der Waals surface area contributed by atoms with Crippen molar-refractivity contribution in [3.63, 3.8) is 0 Å². The van der Waals surface area contributed by atoms with Crippen molar-refractivity contribution >= 4 is 17.3 Å². The fourth-order valence-electron chi connectivity index (χ4n) is 4.87. The number of benzene rings is 1. The van der Waals surface area contributed by atoms with Gasteiger partial charge in [-0.05, 0) is 50.8 Å². The fraction of sp³-hybridized carbons (Fsp3) is 0.429. The van der Waals surface area contributed by atoms with Gasteiger partial charge in [-0.2, -0.15) is 10.2 Å². The molecule has 2 aliphatic rings. The van der Waals surface area contributed by atoms with E-state index in [9.17, 15) is 14.0 Å². The van der Waals surface area contributed by atoms with Crippen LogP contribution in [0.4, 0.5) is 26.1 Å². The largest absolute Gasteiger partial charge is 0.483 e. The molecule has 0 amide bonds. The number of nitrogens with one attached hydrogen (secondary N) is 2. The predicted molar refractivity (Wildman–Crippen MR) is 147 cm³/mol. The minimum Gasteiger partial charge on any atom is -0.483 e. The first-order valence-corrected chi connectivity index (χ1v) is 13.2. The summed E-state index contributed by atoms with van der Waals surface area (Å²) in [5.74, 6) is -1.33. The lowest BCUT2D eigenvalue weighted by Crippen LogP contribution is -2.52. The zero-order valence-electron chi connectivity index (χ0n) is 22.7. The number of nitrogens with zero attached hydrogens (tertiary/aromatic N) is 6. The van der Waals surface area contributed by atoms with Crippen molar-refractivity contribution in [3.8, 4) is 29.0 Å². The van der Waals surface area contributed by atoms with E-state index in [4.69, 9.17) is 9.47 Å². The standard InChI is InChI=1S/C28H32F2N8O2/c1-18-15-38(11-10-37(18)2)22-5-7-25(36-27(22)39-3)35-26-13-21(33-17-34-26)19-4-6-23(20(12-19)14-31)40-24-8-9-32-16-28(24,29)30/h4-7,12-13,17-18,24,32H,8-11,15-16H2,1-3H3,(H,33,34,35,36)/t18-,24?/m0/s1. The van der Waals surface area contributed by atoms with Crippen LogP contribution in [0.5, 0.6) is 11.6 Å². The van der Waals surface area contributed by atoms with Crippen LogP contribution >= 0.6 is 0 Å². The van der Waals surface area contributed by atoms with Crippen molar-refractivity contribution < 1.29 is 18.3 Å². The highest BCUT2D eigenvalue weighted by Gasteiger charge is 2.43. The van der Waals surface area contributed by atoms with Crippen molar-refractivity contribution in [1.82, 2.24) is 25.2 Å². The highest BCUT2D eigenvalue weighted by molar-refractivity contribution is 5.68. The first-order valence-electron chi connectivity index (χ1n) is 13.2. The molecule has 3 aromatic rings. The van der Waals surface area contributed by atoms with E-state index >= 15 is 0 Å². The zero-order valence-corrected chi connectivity index (χ0v) is 22.7. The van der Waals surface area contributed by atoms with Gasteiger partial charge in [0.2, 0.25) is 5.88 Å². The molecule has 210 valence electrons. The van der Waals surface area contributed by atoms with Gasteiger partial charge in [0, 0.05) is 43.7 Å². The molecule has 2 N–H and O–H groups in total. The summed E-state index contributed by atoms with van der Waals surface area (Å²) in [6, 6.07) is 12.9. The van der Waals surface area contributed by atoms with E-state index in [0.29, 0.717) is 41.4 Å². The van der Waals surface area contributed by atoms with Crippen LogP contribution in [0.2, 0.25) is 0 Å². The summed E-state index contributed by atoms with van der Waals surface area (Å²) < 4.78 is 39.7. The molecule has 5 rings (SSSR count). The monoisotopic (exact) mass is 550 g/mol. The Morgan fingerprint density at radius 1 is 1.15 bits per heavy atom. The minimum atomic E-state index is -3.02. The third-order valence-electron chi connectivity index (χ3n) is 7.34. The van der Waals surface area contributed by atoms with Gasteiger partial charge >= 0.3 is 0 Å². The third-order valence-corrected chi connectivity index (χ3v) is 7.34. The highest BCUT2D eigenvalue weighted by Crippen LogP contribution is 2.33. The summed E-state index contributed by atoms with van der Waals surface area (Å²) in [6.45, 7) is 4.89. The minimum absolute atomic E-state index is 0.122. The van der Waals surface area contributed by atoms with Gasteiger partial charge in [0.15, 0.2) is 6.10 Å². The number of hydrogen-bond donors (Lipinski definition) is 2. The van der Waals surface area contributed by atoms with Crippen LogP contribution in [0.1, 0.15) is 18.9 Å². The number of anilines is 3. The molecule has 1 unspecified atom stereocenters. The topological polar surface area (TPSA) is 111 Å². The molecule has 2 fully saturated rings. The van der Waals surface area contributed by atoms with E-state index < -0.39 is 18.6 Å². The molecule has 0 spiro atoms. The number of piperazine rings is 1. The van der Waals surface area contributed by atoms with Crippen LogP contribution in [0.25, 0.3) is 11.3 Å². The normalized spacial score (nSPS) is 20.9. The molecule has 10 nitrogen and oxygen atoms in total. The molecular weight excluding hydrogens is 518 g/mol. The number of methoxy groups -OCH3 is 1. The molecule has 2 saturated heterocycles. The average molecular weight is 551 g/mol. The van der Waals surface area contributed by atoms with E-state index in [1.54, 1.807) is 25.3 Å². The molecule has 2 atom stereocenters. The number of aromatic nitrogens is 3. The van der Waals surface area contributed by atoms with Crippen molar-refractivity contribution in [2.24, 2.45) is 0 Å². The second-order valence-corrected chi connectivity index (χ2v) is 10.1.